The van der Waals surface area contributed by atoms with Gasteiger partial charge >= 0.3 is 0 Å². The summed E-state index contributed by atoms with van der Waals surface area (Å²) >= 11 is 0. The first-order valence-electron chi connectivity index (χ1n) is 5.96. The second kappa shape index (κ2) is 5.09. The molecular weight excluding hydrogens is 230 g/mol. The number of hydrogen-bond donors (Lipinski definition) is 0. The molecule has 0 bridgehead atoms. The fourth-order valence-corrected chi connectivity index (χ4v) is 1.88. The van der Waals surface area contributed by atoms with Crippen molar-refractivity contribution in [1.29, 1.82) is 5.26 Å². The zero-order chi connectivity index (χ0) is 13.1. The molecule has 1 aromatic carbocycles. The Morgan fingerprint density at radius 1 is 1.28 bits per heavy atom. The third-order valence-corrected chi connectivity index (χ3v) is 2.88. The van der Waals surface area contributed by atoms with Crippen molar-refractivity contribution in [3.05, 3.63) is 23.8 Å². The molecule has 4 heteroatoms. The van der Waals surface area contributed by atoms with Gasteiger partial charge in [0.25, 0.3) is 0 Å². The van der Waals surface area contributed by atoms with Crippen LogP contribution in [-0.2, 0) is 4.79 Å². The van der Waals surface area contributed by atoms with E-state index in [0.29, 0.717) is 30.3 Å². The molecule has 1 aromatic rings. The van der Waals surface area contributed by atoms with E-state index in [1.807, 2.05) is 0 Å². The minimum absolute atomic E-state index is 0.0748. The SMILES string of the molecule is CC(C)C(=O)C(C#N)c1ccc2c(c1)OCCO2. The molecule has 1 heterocycles. The molecule has 0 saturated heterocycles. The summed E-state index contributed by atoms with van der Waals surface area (Å²) in [6.07, 6.45) is 0. The Morgan fingerprint density at radius 2 is 1.94 bits per heavy atom. The number of benzene rings is 1. The number of ether oxygens (including phenoxy) is 2. The maximum atomic E-state index is 11.9. The van der Waals surface area contributed by atoms with Crippen LogP contribution < -0.4 is 9.47 Å². The van der Waals surface area contributed by atoms with Gasteiger partial charge in [0.1, 0.15) is 19.1 Å². The minimum Gasteiger partial charge on any atom is -0.486 e. The quantitative estimate of drug-likeness (QED) is 0.819. The number of nitriles is 1. The van der Waals surface area contributed by atoms with Gasteiger partial charge in [-0.3, -0.25) is 4.79 Å². The Hall–Kier alpha value is -2.02. The summed E-state index contributed by atoms with van der Waals surface area (Å²) in [5.41, 5.74) is 0.667. The maximum absolute atomic E-state index is 11.9. The van der Waals surface area contributed by atoms with Crippen LogP contribution in [0.1, 0.15) is 25.3 Å². The summed E-state index contributed by atoms with van der Waals surface area (Å²) in [6, 6.07) is 7.29. The number of nitrogens with zero attached hydrogens (tertiary/aromatic N) is 1. The molecule has 1 unspecified atom stereocenters. The molecule has 0 N–H and O–H groups in total. The Labute approximate surface area is 106 Å². The summed E-state index contributed by atoms with van der Waals surface area (Å²) in [4.78, 5) is 11.9. The Balaban J connectivity index is 2.33. The van der Waals surface area contributed by atoms with Gasteiger partial charge in [-0.15, -0.1) is 0 Å². The van der Waals surface area contributed by atoms with Crippen LogP contribution >= 0.6 is 0 Å². The smallest absolute Gasteiger partial charge is 0.161 e. The van der Waals surface area contributed by atoms with Crippen molar-refractivity contribution in [1.82, 2.24) is 0 Å². The standard InChI is InChI=1S/C14H15NO3/c1-9(2)14(16)11(8-15)10-3-4-12-13(7-10)18-6-5-17-12/h3-4,7,9,11H,5-6H2,1-2H3. The van der Waals surface area contributed by atoms with Gasteiger partial charge in [0, 0.05) is 5.92 Å². The van der Waals surface area contributed by atoms with E-state index in [2.05, 4.69) is 6.07 Å². The lowest BCUT2D eigenvalue weighted by Gasteiger charge is -2.20. The van der Waals surface area contributed by atoms with E-state index in [-0.39, 0.29) is 11.7 Å². The van der Waals surface area contributed by atoms with Crippen molar-refractivity contribution in [3.63, 3.8) is 0 Å². The van der Waals surface area contributed by atoms with Crippen LogP contribution in [0.25, 0.3) is 0 Å². The lowest BCUT2D eigenvalue weighted by molar-refractivity contribution is -0.122. The van der Waals surface area contributed by atoms with Crippen LogP contribution in [0.15, 0.2) is 18.2 Å². The zero-order valence-corrected chi connectivity index (χ0v) is 10.5. The van der Waals surface area contributed by atoms with Crippen molar-refractivity contribution in [2.24, 2.45) is 5.92 Å². The Bertz CT molecular complexity index is 502. The van der Waals surface area contributed by atoms with Gasteiger partial charge in [-0.25, -0.2) is 0 Å². The summed E-state index contributed by atoms with van der Waals surface area (Å²) < 4.78 is 10.9. The van der Waals surface area contributed by atoms with Crippen LogP contribution in [0.3, 0.4) is 0 Å². The van der Waals surface area contributed by atoms with E-state index in [4.69, 9.17) is 14.7 Å². The zero-order valence-electron chi connectivity index (χ0n) is 10.5. The van der Waals surface area contributed by atoms with E-state index in [9.17, 15) is 4.79 Å². The molecule has 0 saturated carbocycles. The topological polar surface area (TPSA) is 59.3 Å². The van der Waals surface area contributed by atoms with E-state index in [0.717, 1.165) is 0 Å². The molecule has 2 rings (SSSR count). The first-order chi connectivity index (χ1) is 8.63. The fraction of sp³-hybridized carbons (Fsp3) is 0.429. The average molecular weight is 245 g/mol. The van der Waals surface area contributed by atoms with E-state index in [1.54, 1.807) is 32.0 Å². The van der Waals surface area contributed by atoms with E-state index >= 15 is 0 Å². The Morgan fingerprint density at radius 3 is 2.56 bits per heavy atom. The van der Waals surface area contributed by atoms with Gasteiger partial charge in [-0.2, -0.15) is 5.26 Å². The number of rotatable bonds is 3. The van der Waals surface area contributed by atoms with Gasteiger partial charge in [0.05, 0.1) is 6.07 Å². The van der Waals surface area contributed by atoms with Crippen LogP contribution in [0.4, 0.5) is 0 Å². The van der Waals surface area contributed by atoms with Crippen molar-refractivity contribution >= 4 is 5.78 Å². The van der Waals surface area contributed by atoms with Gasteiger partial charge < -0.3 is 9.47 Å². The molecule has 0 aliphatic carbocycles. The van der Waals surface area contributed by atoms with Crippen LogP contribution in [0, 0.1) is 17.2 Å². The highest BCUT2D eigenvalue weighted by Crippen LogP contribution is 2.33. The number of carbonyl (C=O) groups is 1. The van der Waals surface area contributed by atoms with Gasteiger partial charge in [-0.05, 0) is 17.7 Å². The molecular formula is C14H15NO3. The molecule has 4 nitrogen and oxygen atoms in total. The van der Waals surface area contributed by atoms with E-state index < -0.39 is 5.92 Å². The fourth-order valence-electron chi connectivity index (χ4n) is 1.88. The van der Waals surface area contributed by atoms with Crippen molar-refractivity contribution in [3.8, 4) is 17.6 Å². The highest BCUT2D eigenvalue weighted by Gasteiger charge is 2.24. The summed E-state index contributed by atoms with van der Waals surface area (Å²) in [5, 5.41) is 9.16. The largest absolute Gasteiger partial charge is 0.486 e. The lowest BCUT2D eigenvalue weighted by Crippen LogP contribution is -2.18. The molecule has 18 heavy (non-hydrogen) atoms. The van der Waals surface area contributed by atoms with Crippen molar-refractivity contribution in [2.45, 2.75) is 19.8 Å². The van der Waals surface area contributed by atoms with Crippen molar-refractivity contribution < 1.29 is 14.3 Å². The molecule has 1 aliphatic rings. The predicted molar refractivity (Wildman–Crippen MR) is 65.6 cm³/mol. The van der Waals surface area contributed by atoms with Crippen LogP contribution in [-0.4, -0.2) is 19.0 Å². The van der Waals surface area contributed by atoms with Gasteiger partial charge in [0.15, 0.2) is 17.3 Å². The maximum Gasteiger partial charge on any atom is 0.161 e. The Kier molecular flexibility index (Phi) is 3.52. The normalized spacial score (nSPS) is 15.0. The monoisotopic (exact) mass is 245 g/mol. The number of hydrogen-bond acceptors (Lipinski definition) is 4. The lowest BCUT2D eigenvalue weighted by atomic mass is 9.90. The third kappa shape index (κ3) is 2.30. The number of fused-ring (bicyclic) bond motifs is 1. The molecule has 0 aromatic heterocycles. The van der Waals surface area contributed by atoms with Crippen LogP contribution in [0.5, 0.6) is 11.5 Å². The molecule has 0 spiro atoms. The van der Waals surface area contributed by atoms with Gasteiger partial charge in [-0.1, -0.05) is 19.9 Å². The van der Waals surface area contributed by atoms with Gasteiger partial charge in [0.2, 0.25) is 0 Å². The van der Waals surface area contributed by atoms with E-state index in [1.165, 1.54) is 0 Å². The predicted octanol–water partition coefficient (Wildman–Crippen LogP) is 2.29. The number of carbonyl (C=O) groups excluding carboxylic acids is 1. The highest BCUT2D eigenvalue weighted by molar-refractivity contribution is 5.90. The molecule has 1 atom stereocenters. The summed E-state index contributed by atoms with van der Waals surface area (Å²) in [5.74, 6) is 0.298. The molecule has 0 fully saturated rings. The highest BCUT2D eigenvalue weighted by atomic mass is 16.6. The molecule has 1 aliphatic heterocycles. The first-order valence-corrected chi connectivity index (χ1v) is 5.96. The van der Waals surface area contributed by atoms with Crippen molar-refractivity contribution in [2.75, 3.05) is 13.2 Å². The third-order valence-electron chi connectivity index (χ3n) is 2.88. The number of Topliss-reactive ketones (excluding diaryl/α,β-unsaturated/α-hetero) is 1. The second-order valence-electron chi connectivity index (χ2n) is 4.52. The minimum atomic E-state index is -0.735. The number of ketones is 1. The summed E-state index contributed by atoms with van der Waals surface area (Å²) in [7, 11) is 0. The molecule has 0 amide bonds. The first kappa shape index (κ1) is 12.4. The second-order valence-corrected chi connectivity index (χ2v) is 4.52. The average Bonchev–Trinajstić information content (AvgIpc) is 2.39. The summed E-state index contributed by atoms with van der Waals surface area (Å²) in [6.45, 7) is 4.61. The molecule has 94 valence electrons. The van der Waals surface area contributed by atoms with Crippen LogP contribution in [0.2, 0.25) is 0 Å². The molecule has 0 radical (unpaired) electrons.